The maximum atomic E-state index is 9.54. The monoisotopic (exact) mass is 328 g/mol. The summed E-state index contributed by atoms with van der Waals surface area (Å²) in [5.41, 5.74) is 7.41. The van der Waals surface area contributed by atoms with Gasteiger partial charge in [-0.2, -0.15) is 0 Å². The molecule has 7 nitrogen and oxygen atoms in total. The minimum Gasteiger partial charge on any atom is -0.394 e. The van der Waals surface area contributed by atoms with Gasteiger partial charge in [-0.3, -0.25) is 0 Å². The number of nitrogens with zero attached hydrogens (tertiary/aromatic N) is 3. The van der Waals surface area contributed by atoms with Crippen LogP contribution in [0.4, 0.5) is 5.82 Å². The van der Waals surface area contributed by atoms with Crippen LogP contribution >= 0.6 is 0 Å². The summed E-state index contributed by atoms with van der Waals surface area (Å²) in [5.74, 6) is 6.28. The molecular formula is C17H20N4O3. The van der Waals surface area contributed by atoms with Crippen LogP contribution in [0.25, 0.3) is 11.0 Å². The van der Waals surface area contributed by atoms with Crippen molar-refractivity contribution in [3.05, 3.63) is 30.7 Å². The van der Waals surface area contributed by atoms with Gasteiger partial charge in [0.1, 0.15) is 30.1 Å². The summed E-state index contributed by atoms with van der Waals surface area (Å²) in [5, 5.41) is 10.3. The van der Waals surface area contributed by atoms with Crippen molar-refractivity contribution >= 4 is 16.9 Å². The van der Waals surface area contributed by atoms with Crippen LogP contribution in [0.3, 0.4) is 0 Å². The standard InChI is InChI=1S/C17H20N4O3/c1-3-5-11-8-21(17-15(11)16(18)19-10-20-17)14-7-12(23-6-4-2)13(9-22)24-14/h4,8,10,12-14,22H,2,6-7,9H2,1H3,(H2,18,19,20). The molecule has 7 heteroatoms. The van der Waals surface area contributed by atoms with Crippen molar-refractivity contribution < 1.29 is 14.6 Å². The number of aliphatic hydroxyl groups is 1. The highest BCUT2D eigenvalue weighted by atomic mass is 16.6. The van der Waals surface area contributed by atoms with Gasteiger partial charge < -0.3 is 24.9 Å². The Morgan fingerprint density at radius 2 is 2.42 bits per heavy atom. The number of fused-ring (bicyclic) bond motifs is 1. The minimum atomic E-state index is -0.396. The highest BCUT2D eigenvalue weighted by Gasteiger charge is 2.37. The fourth-order valence-electron chi connectivity index (χ4n) is 2.96. The van der Waals surface area contributed by atoms with Crippen LogP contribution in [0.15, 0.2) is 25.2 Å². The summed E-state index contributed by atoms with van der Waals surface area (Å²) in [6, 6.07) is 0. The molecule has 1 fully saturated rings. The maximum absolute atomic E-state index is 9.54. The van der Waals surface area contributed by atoms with Crippen molar-refractivity contribution in [1.29, 1.82) is 0 Å². The Kier molecular flexibility index (Phi) is 4.81. The van der Waals surface area contributed by atoms with Crippen LogP contribution in [0.2, 0.25) is 0 Å². The third kappa shape index (κ3) is 2.87. The van der Waals surface area contributed by atoms with Crippen LogP contribution < -0.4 is 5.73 Å². The van der Waals surface area contributed by atoms with Crippen molar-refractivity contribution in [1.82, 2.24) is 14.5 Å². The Labute approximate surface area is 140 Å². The van der Waals surface area contributed by atoms with E-state index in [1.807, 2.05) is 10.8 Å². The van der Waals surface area contributed by atoms with Gasteiger partial charge in [0, 0.05) is 12.6 Å². The van der Waals surface area contributed by atoms with Gasteiger partial charge in [0.05, 0.1) is 30.3 Å². The molecule has 0 amide bonds. The van der Waals surface area contributed by atoms with Crippen molar-refractivity contribution in [2.45, 2.75) is 31.8 Å². The van der Waals surface area contributed by atoms with E-state index in [2.05, 4.69) is 28.4 Å². The first kappa shape index (κ1) is 16.5. The molecule has 2 aromatic rings. The van der Waals surface area contributed by atoms with Crippen molar-refractivity contribution in [2.24, 2.45) is 0 Å². The van der Waals surface area contributed by atoms with Gasteiger partial charge in [-0.25, -0.2) is 9.97 Å². The van der Waals surface area contributed by atoms with E-state index in [0.717, 1.165) is 5.56 Å². The molecule has 0 aromatic carbocycles. The molecule has 3 atom stereocenters. The highest BCUT2D eigenvalue weighted by Crippen LogP contribution is 2.35. The average molecular weight is 328 g/mol. The topological polar surface area (TPSA) is 95.4 Å². The van der Waals surface area contributed by atoms with Crippen LogP contribution in [0.1, 0.15) is 25.1 Å². The van der Waals surface area contributed by atoms with Crippen molar-refractivity contribution in [2.75, 3.05) is 18.9 Å². The molecular weight excluding hydrogens is 308 g/mol. The Balaban J connectivity index is 1.99. The van der Waals surface area contributed by atoms with E-state index in [1.54, 1.807) is 13.0 Å². The van der Waals surface area contributed by atoms with E-state index in [-0.39, 0.29) is 18.9 Å². The summed E-state index contributed by atoms with van der Waals surface area (Å²) in [4.78, 5) is 8.38. The summed E-state index contributed by atoms with van der Waals surface area (Å²) < 4.78 is 13.5. The zero-order chi connectivity index (χ0) is 17.1. The zero-order valence-electron chi connectivity index (χ0n) is 13.5. The van der Waals surface area contributed by atoms with E-state index < -0.39 is 6.10 Å². The van der Waals surface area contributed by atoms with E-state index >= 15 is 0 Å². The third-order valence-electron chi connectivity index (χ3n) is 4.00. The number of hydrogen-bond donors (Lipinski definition) is 2. The number of nitrogen functional groups attached to an aromatic ring is 1. The molecule has 3 rings (SSSR count). The van der Waals surface area contributed by atoms with Crippen molar-refractivity contribution in [3.8, 4) is 11.8 Å². The minimum absolute atomic E-state index is 0.115. The Hall–Kier alpha value is -2.40. The zero-order valence-corrected chi connectivity index (χ0v) is 13.5. The van der Waals surface area contributed by atoms with E-state index in [1.165, 1.54) is 6.33 Å². The predicted octanol–water partition coefficient (Wildman–Crippen LogP) is 1.24. The smallest absolute Gasteiger partial charge is 0.148 e. The predicted molar refractivity (Wildman–Crippen MR) is 90.0 cm³/mol. The largest absolute Gasteiger partial charge is 0.394 e. The first-order chi connectivity index (χ1) is 11.7. The molecule has 2 aromatic heterocycles. The maximum Gasteiger partial charge on any atom is 0.148 e. The number of ether oxygens (including phenoxy) is 2. The molecule has 0 saturated carbocycles. The number of rotatable bonds is 5. The molecule has 3 heterocycles. The summed E-state index contributed by atoms with van der Waals surface area (Å²) >= 11 is 0. The van der Waals surface area contributed by atoms with Gasteiger partial charge in [-0.05, 0) is 6.92 Å². The van der Waals surface area contributed by atoms with Gasteiger partial charge in [-0.1, -0.05) is 12.0 Å². The lowest BCUT2D eigenvalue weighted by Gasteiger charge is -2.15. The third-order valence-corrected chi connectivity index (χ3v) is 4.00. The number of aliphatic hydroxyl groups excluding tert-OH is 1. The molecule has 3 N–H and O–H groups in total. The van der Waals surface area contributed by atoms with Gasteiger partial charge >= 0.3 is 0 Å². The number of aromatic nitrogens is 3. The summed E-state index contributed by atoms with van der Waals surface area (Å²) in [6.07, 6.45) is 4.62. The number of hydrogen-bond acceptors (Lipinski definition) is 6. The van der Waals surface area contributed by atoms with Crippen LogP contribution in [-0.2, 0) is 9.47 Å². The molecule has 0 spiro atoms. The van der Waals surface area contributed by atoms with Gasteiger partial charge in [0.25, 0.3) is 0 Å². The lowest BCUT2D eigenvalue weighted by atomic mass is 10.2. The van der Waals surface area contributed by atoms with Crippen LogP contribution in [0.5, 0.6) is 0 Å². The van der Waals surface area contributed by atoms with Gasteiger partial charge in [0.2, 0.25) is 0 Å². The number of anilines is 1. The van der Waals surface area contributed by atoms with Crippen LogP contribution in [-0.4, -0.2) is 45.1 Å². The van der Waals surface area contributed by atoms with Crippen molar-refractivity contribution in [3.63, 3.8) is 0 Å². The van der Waals surface area contributed by atoms with E-state index in [0.29, 0.717) is 29.9 Å². The molecule has 3 unspecified atom stereocenters. The molecule has 0 radical (unpaired) electrons. The average Bonchev–Trinajstić information content (AvgIpc) is 3.15. The first-order valence-electron chi connectivity index (χ1n) is 7.72. The molecule has 0 bridgehead atoms. The SMILES string of the molecule is C=CCOC1CC(n2cc(C#CC)c3c(N)ncnc32)OC1CO. The van der Waals surface area contributed by atoms with Crippen LogP contribution in [0, 0.1) is 11.8 Å². The molecule has 1 saturated heterocycles. The summed E-state index contributed by atoms with van der Waals surface area (Å²) in [6.45, 7) is 5.70. The Morgan fingerprint density at radius 1 is 1.58 bits per heavy atom. The van der Waals surface area contributed by atoms with Gasteiger partial charge in [0.15, 0.2) is 0 Å². The fraction of sp³-hybridized carbons (Fsp3) is 0.412. The normalized spacial score (nSPS) is 23.2. The lowest BCUT2D eigenvalue weighted by Crippen LogP contribution is -2.27. The Morgan fingerprint density at radius 3 is 3.12 bits per heavy atom. The quantitative estimate of drug-likeness (QED) is 0.633. The molecule has 126 valence electrons. The second-order valence-electron chi connectivity index (χ2n) is 5.49. The highest BCUT2D eigenvalue weighted by molar-refractivity contribution is 5.92. The fourth-order valence-corrected chi connectivity index (χ4v) is 2.96. The van der Waals surface area contributed by atoms with E-state index in [4.69, 9.17) is 15.2 Å². The molecule has 0 aliphatic carbocycles. The van der Waals surface area contributed by atoms with E-state index in [9.17, 15) is 5.11 Å². The first-order valence-corrected chi connectivity index (χ1v) is 7.72. The molecule has 24 heavy (non-hydrogen) atoms. The van der Waals surface area contributed by atoms with Gasteiger partial charge in [-0.15, -0.1) is 12.5 Å². The lowest BCUT2D eigenvalue weighted by molar-refractivity contribution is -0.0560. The number of nitrogens with two attached hydrogens (primary N) is 1. The Bertz CT molecular complexity index is 805. The molecule has 1 aliphatic heterocycles. The second kappa shape index (κ2) is 7.01. The second-order valence-corrected chi connectivity index (χ2v) is 5.49. The molecule has 1 aliphatic rings. The summed E-state index contributed by atoms with van der Waals surface area (Å²) in [7, 11) is 0.